The average molecular weight is 339 g/mol. The predicted molar refractivity (Wildman–Crippen MR) is 83.0 cm³/mol. The molecule has 0 saturated heterocycles. The van der Waals surface area contributed by atoms with Gasteiger partial charge in [0.1, 0.15) is 0 Å². The molecule has 2 rings (SSSR count). The Hall–Kier alpha value is -1.32. The molecule has 0 aliphatic heterocycles. The largest absolute Gasteiger partial charge is 0.322 e. The van der Waals surface area contributed by atoms with E-state index < -0.39 is 0 Å². The Bertz CT molecular complexity index is 620. The van der Waals surface area contributed by atoms with Gasteiger partial charge in [0.15, 0.2) is 0 Å². The van der Waals surface area contributed by atoms with Crippen LogP contribution in [0.15, 0.2) is 40.9 Å². The molecule has 0 saturated carbocycles. The second-order valence-electron chi connectivity index (χ2n) is 4.38. The molecular formula is C15H13BrClNO. The molecule has 0 radical (unpaired) electrons. The first-order valence-electron chi connectivity index (χ1n) is 5.81. The zero-order valence-electron chi connectivity index (χ0n) is 10.6. The summed E-state index contributed by atoms with van der Waals surface area (Å²) in [4.78, 5) is 12.2. The maximum atomic E-state index is 12.2. The lowest BCUT2D eigenvalue weighted by atomic mass is 10.1. The molecule has 2 aromatic rings. The minimum Gasteiger partial charge on any atom is -0.322 e. The van der Waals surface area contributed by atoms with Crippen LogP contribution in [-0.2, 0) is 0 Å². The van der Waals surface area contributed by atoms with E-state index in [9.17, 15) is 4.79 Å². The quantitative estimate of drug-likeness (QED) is 0.823. The molecule has 2 aromatic carbocycles. The molecule has 2 nitrogen and oxygen atoms in total. The fourth-order valence-electron chi connectivity index (χ4n) is 1.80. The van der Waals surface area contributed by atoms with Gasteiger partial charge in [-0.1, -0.05) is 33.6 Å². The van der Waals surface area contributed by atoms with Crippen LogP contribution in [0.2, 0.25) is 5.02 Å². The second-order valence-corrected chi connectivity index (χ2v) is 5.67. The summed E-state index contributed by atoms with van der Waals surface area (Å²) >= 11 is 9.41. The van der Waals surface area contributed by atoms with Gasteiger partial charge in [0.2, 0.25) is 0 Å². The predicted octanol–water partition coefficient (Wildman–Crippen LogP) is 4.97. The lowest BCUT2D eigenvalue weighted by Crippen LogP contribution is -2.13. The fourth-order valence-corrected chi connectivity index (χ4v) is 2.46. The average Bonchev–Trinajstić information content (AvgIpc) is 2.33. The number of hydrogen-bond acceptors (Lipinski definition) is 1. The molecule has 98 valence electrons. The van der Waals surface area contributed by atoms with Gasteiger partial charge in [-0.05, 0) is 55.3 Å². The van der Waals surface area contributed by atoms with Crippen molar-refractivity contribution in [2.75, 3.05) is 5.32 Å². The van der Waals surface area contributed by atoms with Crippen LogP contribution < -0.4 is 5.32 Å². The molecule has 0 heterocycles. The third-order valence-electron chi connectivity index (χ3n) is 2.82. The summed E-state index contributed by atoms with van der Waals surface area (Å²) in [5, 5.41) is 3.46. The molecule has 0 aliphatic rings. The first-order valence-corrected chi connectivity index (χ1v) is 6.98. The van der Waals surface area contributed by atoms with E-state index in [0.717, 1.165) is 21.3 Å². The molecule has 0 bridgehead atoms. The van der Waals surface area contributed by atoms with Gasteiger partial charge in [-0.15, -0.1) is 0 Å². The Morgan fingerprint density at radius 2 is 1.95 bits per heavy atom. The SMILES string of the molecule is Cc1cc(Cl)cc(C(=O)Nc2cccc(Br)c2C)c1. The van der Waals surface area contributed by atoms with Crippen LogP contribution in [0.3, 0.4) is 0 Å². The zero-order chi connectivity index (χ0) is 14.0. The van der Waals surface area contributed by atoms with Crippen molar-refractivity contribution < 1.29 is 4.79 Å². The maximum Gasteiger partial charge on any atom is 0.255 e. The van der Waals surface area contributed by atoms with Crippen molar-refractivity contribution in [1.29, 1.82) is 0 Å². The summed E-state index contributed by atoms with van der Waals surface area (Å²) in [7, 11) is 0. The van der Waals surface area contributed by atoms with Gasteiger partial charge in [0.25, 0.3) is 5.91 Å². The van der Waals surface area contributed by atoms with Gasteiger partial charge >= 0.3 is 0 Å². The van der Waals surface area contributed by atoms with E-state index in [0.29, 0.717) is 10.6 Å². The van der Waals surface area contributed by atoms with Crippen LogP contribution >= 0.6 is 27.5 Å². The van der Waals surface area contributed by atoms with Crippen LogP contribution in [-0.4, -0.2) is 5.91 Å². The van der Waals surface area contributed by atoms with Crippen molar-refractivity contribution in [3.05, 3.63) is 62.6 Å². The molecule has 4 heteroatoms. The zero-order valence-corrected chi connectivity index (χ0v) is 13.0. The lowest BCUT2D eigenvalue weighted by molar-refractivity contribution is 0.102. The van der Waals surface area contributed by atoms with Crippen molar-refractivity contribution in [3.8, 4) is 0 Å². The second kappa shape index (κ2) is 5.76. The molecule has 1 N–H and O–H groups in total. The van der Waals surface area contributed by atoms with E-state index in [1.807, 2.05) is 44.2 Å². The molecule has 0 aliphatic carbocycles. The minimum absolute atomic E-state index is 0.160. The Morgan fingerprint density at radius 3 is 2.63 bits per heavy atom. The number of carbonyl (C=O) groups excluding carboxylic acids is 1. The van der Waals surface area contributed by atoms with Gasteiger partial charge in [-0.2, -0.15) is 0 Å². The number of aryl methyl sites for hydroxylation is 1. The third-order valence-corrected chi connectivity index (χ3v) is 3.90. The van der Waals surface area contributed by atoms with Crippen molar-refractivity contribution >= 4 is 39.1 Å². The molecule has 0 spiro atoms. The first kappa shape index (κ1) is 14.1. The number of rotatable bonds is 2. The Kier molecular flexibility index (Phi) is 4.27. The summed E-state index contributed by atoms with van der Waals surface area (Å²) in [6, 6.07) is 11.0. The summed E-state index contributed by atoms with van der Waals surface area (Å²) < 4.78 is 0.965. The van der Waals surface area contributed by atoms with Gasteiger partial charge in [-0.25, -0.2) is 0 Å². The van der Waals surface area contributed by atoms with Crippen LogP contribution in [0.5, 0.6) is 0 Å². The number of anilines is 1. The molecule has 1 amide bonds. The Balaban J connectivity index is 2.28. The van der Waals surface area contributed by atoms with Crippen molar-refractivity contribution in [2.45, 2.75) is 13.8 Å². The number of amides is 1. The highest BCUT2D eigenvalue weighted by Gasteiger charge is 2.10. The van der Waals surface area contributed by atoms with Crippen molar-refractivity contribution in [2.24, 2.45) is 0 Å². The van der Waals surface area contributed by atoms with Crippen molar-refractivity contribution in [3.63, 3.8) is 0 Å². The summed E-state index contributed by atoms with van der Waals surface area (Å²) in [6.07, 6.45) is 0. The van der Waals surface area contributed by atoms with Gasteiger partial charge in [-0.3, -0.25) is 4.79 Å². The first-order chi connectivity index (χ1) is 8.97. The molecule has 0 aromatic heterocycles. The van der Waals surface area contributed by atoms with E-state index in [1.54, 1.807) is 6.07 Å². The highest BCUT2D eigenvalue weighted by atomic mass is 79.9. The molecule has 0 atom stereocenters. The van der Waals surface area contributed by atoms with Gasteiger partial charge < -0.3 is 5.32 Å². The van der Waals surface area contributed by atoms with E-state index in [-0.39, 0.29) is 5.91 Å². The van der Waals surface area contributed by atoms with Gasteiger partial charge in [0.05, 0.1) is 0 Å². The molecule has 0 fully saturated rings. The number of benzene rings is 2. The topological polar surface area (TPSA) is 29.1 Å². The van der Waals surface area contributed by atoms with E-state index in [4.69, 9.17) is 11.6 Å². The monoisotopic (exact) mass is 337 g/mol. The van der Waals surface area contributed by atoms with Gasteiger partial charge in [0, 0.05) is 20.7 Å². The third kappa shape index (κ3) is 3.37. The minimum atomic E-state index is -0.160. The summed E-state index contributed by atoms with van der Waals surface area (Å²) in [6.45, 7) is 3.86. The number of carbonyl (C=O) groups is 1. The van der Waals surface area contributed by atoms with E-state index in [1.165, 1.54) is 0 Å². The van der Waals surface area contributed by atoms with Crippen LogP contribution in [0.25, 0.3) is 0 Å². The normalized spacial score (nSPS) is 10.3. The van der Waals surface area contributed by atoms with Crippen LogP contribution in [0.1, 0.15) is 21.5 Å². The smallest absolute Gasteiger partial charge is 0.255 e. The highest BCUT2D eigenvalue weighted by molar-refractivity contribution is 9.10. The van der Waals surface area contributed by atoms with Crippen molar-refractivity contribution in [1.82, 2.24) is 0 Å². The molecule has 0 unspecified atom stereocenters. The molecular weight excluding hydrogens is 326 g/mol. The number of halogens is 2. The van der Waals surface area contributed by atoms with Crippen LogP contribution in [0, 0.1) is 13.8 Å². The summed E-state index contributed by atoms with van der Waals surface area (Å²) in [5.74, 6) is -0.160. The lowest BCUT2D eigenvalue weighted by Gasteiger charge is -2.10. The summed E-state index contributed by atoms with van der Waals surface area (Å²) in [5.41, 5.74) is 3.31. The van der Waals surface area contributed by atoms with E-state index >= 15 is 0 Å². The van der Waals surface area contributed by atoms with E-state index in [2.05, 4.69) is 21.2 Å². The highest BCUT2D eigenvalue weighted by Crippen LogP contribution is 2.24. The standard InChI is InChI=1S/C15H13BrClNO/c1-9-6-11(8-12(17)7-9)15(19)18-14-5-3-4-13(16)10(14)2/h3-8H,1-2H3,(H,18,19). The Labute approximate surface area is 125 Å². The fraction of sp³-hybridized carbons (Fsp3) is 0.133. The van der Waals surface area contributed by atoms with Crippen LogP contribution in [0.4, 0.5) is 5.69 Å². The maximum absolute atomic E-state index is 12.2. The Morgan fingerprint density at radius 1 is 1.21 bits per heavy atom. The number of hydrogen-bond donors (Lipinski definition) is 1. The molecule has 19 heavy (non-hydrogen) atoms. The number of nitrogens with one attached hydrogen (secondary N) is 1.